The molecule has 0 saturated carbocycles. The topological polar surface area (TPSA) is 61.5 Å². The molecule has 0 aliphatic rings. The zero-order valence-electron chi connectivity index (χ0n) is 4.72. The van der Waals surface area contributed by atoms with Crippen LogP contribution in [0.3, 0.4) is 0 Å². The predicted octanol–water partition coefficient (Wildman–Crippen LogP) is -0.560. The summed E-state index contributed by atoms with van der Waals surface area (Å²) in [5.41, 5.74) is 0. The molecule has 0 atom stereocenters. The number of esters is 1. The Morgan fingerprint density at radius 1 is 1.75 bits per heavy atom. The standard InChI is InChI=1S/C4H9NO3/c1-7-4(6)2-3-8-5/h2-3,5H2,1H3. The lowest BCUT2D eigenvalue weighted by Crippen LogP contribution is -2.08. The first kappa shape index (κ1) is 7.39. The van der Waals surface area contributed by atoms with Gasteiger partial charge in [-0.25, -0.2) is 5.90 Å². The lowest BCUT2D eigenvalue weighted by Gasteiger charge is -1.94. The highest BCUT2D eigenvalue weighted by molar-refractivity contribution is 5.69. The van der Waals surface area contributed by atoms with E-state index < -0.39 is 0 Å². The second-order valence-corrected chi connectivity index (χ2v) is 1.20. The number of ether oxygens (including phenoxy) is 1. The first-order valence-electron chi connectivity index (χ1n) is 2.19. The summed E-state index contributed by atoms with van der Waals surface area (Å²) in [5, 5.41) is 0. The van der Waals surface area contributed by atoms with Gasteiger partial charge in [0.05, 0.1) is 20.1 Å². The summed E-state index contributed by atoms with van der Waals surface area (Å²) in [6.07, 6.45) is 0.215. The van der Waals surface area contributed by atoms with Crippen molar-refractivity contribution in [2.24, 2.45) is 5.90 Å². The van der Waals surface area contributed by atoms with Crippen LogP contribution in [0, 0.1) is 0 Å². The van der Waals surface area contributed by atoms with E-state index in [-0.39, 0.29) is 19.0 Å². The molecule has 0 bridgehead atoms. The molecule has 0 rings (SSSR count). The highest BCUT2D eigenvalue weighted by Crippen LogP contribution is 1.80. The van der Waals surface area contributed by atoms with Crippen LogP contribution in [0.4, 0.5) is 0 Å². The second-order valence-electron chi connectivity index (χ2n) is 1.20. The molecular weight excluding hydrogens is 110 g/mol. The van der Waals surface area contributed by atoms with Crippen LogP contribution in [0.2, 0.25) is 0 Å². The van der Waals surface area contributed by atoms with E-state index in [4.69, 9.17) is 0 Å². The summed E-state index contributed by atoms with van der Waals surface area (Å²) < 4.78 is 4.28. The third-order valence-corrected chi connectivity index (χ3v) is 0.652. The van der Waals surface area contributed by atoms with Gasteiger partial charge in [-0.05, 0) is 0 Å². The van der Waals surface area contributed by atoms with Crippen LogP contribution in [0.15, 0.2) is 0 Å². The van der Waals surface area contributed by atoms with Crippen molar-refractivity contribution >= 4 is 5.97 Å². The first-order valence-corrected chi connectivity index (χ1v) is 2.19. The molecule has 4 nitrogen and oxygen atoms in total. The molecule has 0 heterocycles. The molecule has 0 fully saturated rings. The van der Waals surface area contributed by atoms with Gasteiger partial charge < -0.3 is 9.57 Å². The monoisotopic (exact) mass is 119 g/mol. The smallest absolute Gasteiger partial charge is 0.307 e. The number of methoxy groups -OCH3 is 1. The maximum Gasteiger partial charge on any atom is 0.307 e. The molecule has 0 saturated heterocycles. The normalized spacial score (nSPS) is 8.75. The third kappa shape index (κ3) is 3.58. The average molecular weight is 119 g/mol. The first-order chi connectivity index (χ1) is 3.81. The van der Waals surface area contributed by atoms with Crippen molar-refractivity contribution < 1.29 is 14.4 Å². The molecule has 0 aliphatic carbocycles. The molecule has 4 heteroatoms. The maximum atomic E-state index is 10.2. The number of hydrogen-bond donors (Lipinski definition) is 1. The van der Waals surface area contributed by atoms with Crippen molar-refractivity contribution in [1.29, 1.82) is 0 Å². The van der Waals surface area contributed by atoms with Crippen molar-refractivity contribution in [3.05, 3.63) is 0 Å². The lowest BCUT2D eigenvalue weighted by molar-refractivity contribution is -0.141. The lowest BCUT2D eigenvalue weighted by atomic mass is 10.5. The minimum Gasteiger partial charge on any atom is -0.469 e. The molecular formula is C4H9NO3. The maximum absolute atomic E-state index is 10.2. The van der Waals surface area contributed by atoms with Crippen LogP contribution < -0.4 is 5.90 Å². The Morgan fingerprint density at radius 2 is 2.38 bits per heavy atom. The van der Waals surface area contributed by atoms with Gasteiger partial charge in [0, 0.05) is 0 Å². The molecule has 0 aromatic rings. The van der Waals surface area contributed by atoms with Crippen molar-refractivity contribution in [3.63, 3.8) is 0 Å². The van der Waals surface area contributed by atoms with Gasteiger partial charge in [-0.15, -0.1) is 0 Å². The van der Waals surface area contributed by atoms with Gasteiger partial charge in [0.1, 0.15) is 0 Å². The van der Waals surface area contributed by atoms with Gasteiger partial charge in [-0.3, -0.25) is 4.79 Å². The Labute approximate surface area is 47.5 Å². The van der Waals surface area contributed by atoms with Crippen molar-refractivity contribution in [2.45, 2.75) is 6.42 Å². The Hall–Kier alpha value is -0.610. The van der Waals surface area contributed by atoms with Gasteiger partial charge in [0.15, 0.2) is 0 Å². The molecule has 0 aromatic heterocycles. The minimum absolute atomic E-state index is 0.215. The fourth-order valence-corrected chi connectivity index (χ4v) is 0.244. The number of nitrogens with two attached hydrogens (primary N) is 1. The molecule has 2 N–H and O–H groups in total. The van der Waals surface area contributed by atoms with E-state index in [0.29, 0.717) is 0 Å². The summed E-state index contributed by atoms with van der Waals surface area (Å²) in [6.45, 7) is 0.215. The van der Waals surface area contributed by atoms with Gasteiger partial charge in [-0.2, -0.15) is 0 Å². The molecule has 0 radical (unpaired) electrons. The van der Waals surface area contributed by atoms with E-state index >= 15 is 0 Å². The summed E-state index contributed by atoms with van der Waals surface area (Å²) >= 11 is 0. The van der Waals surface area contributed by atoms with Crippen LogP contribution >= 0.6 is 0 Å². The van der Waals surface area contributed by atoms with E-state index in [1.807, 2.05) is 0 Å². The number of carbonyl (C=O) groups excluding carboxylic acids is 1. The Kier molecular flexibility index (Phi) is 4.20. The number of hydrogen-bond acceptors (Lipinski definition) is 4. The second kappa shape index (κ2) is 4.55. The van der Waals surface area contributed by atoms with Crippen LogP contribution in [-0.4, -0.2) is 19.7 Å². The minimum atomic E-state index is -0.310. The molecule has 0 aliphatic heterocycles. The molecule has 0 amide bonds. The fraction of sp³-hybridized carbons (Fsp3) is 0.750. The number of carbonyl (C=O) groups is 1. The predicted molar refractivity (Wildman–Crippen MR) is 26.8 cm³/mol. The molecule has 8 heavy (non-hydrogen) atoms. The van der Waals surface area contributed by atoms with Crippen molar-refractivity contribution in [3.8, 4) is 0 Å². The van der Waals surface area contributed by atoms with Gasteiger partial charge in [-0.1, -0.05) is 0 Å². The number of rotatable bonds is 3. The Bertz CT molecular complexity index is 73.7. The third-order valence-electron chi connectivity index (χ3n) is 0.652. The summed E-state index contributed by atoms with van der Waals surface area (Å²) in [4.78, 5) is 14.3. The van der Waals surface area contributed by atoms with E-state index in [2.05, 4.69) is 15.5 Å². The SMILES string of the molecule is COC(=O)CCON. The molecule has 0 aromatic carbocycles. The van der Waals surface area contributed by atoms with E-state index in [9.17, 15) is 4.79 Å². The highest BCUT2D eigenvalue weighted by atomic mass is 16.6. The summed E-state index contributed by atoms with van der Waals surface area (Å²) in [5.74, 6) is 4.31. The van der Waals surface area contributed by atoms with Crippen LogP contribution in [0.25, 0.3) is 0 Å². The molecule has 0 unspecified atom stereocenters. The van der Waals surface area contributed by atoms with E-state index in [1.165, 1.54) is 7.11 Å². The Morgan fingerprint density at radius 3 is 2.75 bits per heavy atom. The van der Waals surface area contributed by atoms with Crippen molar-refractivity contribution in [1.82, 2.24) is 0 Å². The highest BCUT2D eigenvalue weighted by Gasteiger charge is 1.96. The largest absolute Gasteiger partial charge is 0.469 e. The zero-order valence-corrected chi connectivity index (χ0v) is 4.72. The van der Waals surface area contributed by atoms with Gasteiger partial charge in [0.2, 0.25) is 0 Å². The van der Waals surface area contributed by atoms with E-state index in [1.54, 1.807) is 0 Å². The molecule has 0 spiro atoms. The van der Waals surface area contributed by atoms with Crippen LogP contribution in [0.5, 0.6) is 0 Å². The van der Waals surface area contributed by atoms with Crippen LogP contribution in [-0.2, 0) is 14.4 Å². The van der Waals surface area contributed by atoms with Gasteiger partial charge in [0.25, 0.3) is 0 Å². The summed E-state index contributed by atoms with van der Waals surface area (Å²) in [6, 6.07) is 0. The van der Waals surface area contributed by atoms with Crippen molar-refractivity contribution in [2.75, 3.05) is 13.7 Å². The average Bonchev–Trinajstić information content (AvgIpc) is 1.83. The van der Waals surface area contributed by atoms with Gasteiger partial charge >= 0.3 is 5.97 Å². The van der Waals surface area contributed by atoms with Crippen LogP contribution in [0.1, 0.15) is 6.42 Å². The quantitative estimate of drug-likeness (QED) is 0.399. The van der Waals surface area contributed by atoms with E-state index in [0.717, 1.165) is 0 Å². The summed E-state index contributed by atoms with van der Waals surface area (Å²) in [7, 11) is 1.32. The Balaban J connectivity index is 2.99. The fourth-order valence-electron chi connectivity index (χ4n) is 0.244. The molecule has 48 valence electrons. The zero-order chi connectivity index (χ0) is 6.41.